The van der Waals surface area contributed by atoms with E-state index in [0.29, 0.717) is 68.3 Å². The molecule has 6 aliphatic rings. The molecule has 3 fully saturated rings. The quantitative estimate of drug-likeness (QED) is 0.0593. The second-order valence-electron chi connectivity index (χ2n) is 16.9. The van der Waals surface area contributed by atoms with E-state index in [0.717, 1.165) is 87.2 Å². The zero-order valence-electron chi connectivity index (χ0n) is 35.1. The summed E-state index contributed by atoms with van der Waals surface area (Å²) in [4.78, 5) is 25.6. The van der Waals surface area contributed by atoms with Crippen LogP contribution in [0.1, 0.15) is 99.4 Å². The Hall–Kier alpha value is -4.14. The number of carbonyl (C=O) groups excluding carboxylic acids is 1. The van der Waals surface area contributed by atoms with E-state index in [9.17, 15) is 10.2 Å². The monoisotopic (exact) mass is 829 g/mol. The van der Waals surface area contributed by atoms with Crippen molar-refractivity contribution in [3.05, 3.63) is 71.8 Å². The zero-order chi connectivity index (χ0) is 41.5. The lowest BCUT2D eigenvalue weighted by Gasteiger charge is -2.60. The van der Waals surface area contributed by atoms with E-state index in [1.807, 2.05) is 17.0 Å². The van der Waals surface area contributed by atoms with Crippen molar-refractivity contribution in [1.82, 2.24) is 9.80 Å². The number of benzene rings is 2. The Morgan fingerprint density at radius 2 is 1.85 bits per heavy atom. The van der Waals surface area contributed by atoms with E-state index >= 15 is 4.79 Å². The molecule has 7 atom stereocenters. The maximum absolute atomic E-state index is 15.1. The highest BCUT2D eigenvalue weighted by atomic mass is 16.8. The van der Waals surface area contributed by atoms with Crippen molar-refractivity contribution in [2.24, 2.45) is 22.9 Å². The van der Waals surface area contributed by atoms with E-state index in [4.69, 9.17) is 38.4 Å². The average Bonchev–Trinajstić information content (AvgIpc) is 3.98. The highest BCUT2D eigenvalue weighted by molar-refractivity contribution is 6.03. The normalized spacial score (nSPS) is 28.2. The summed E-state index contributed by atoms with van der Waals surface area (Å²) in [5.74, 6) is 0.765. The van der Waals surface area contributed by atoms with Gasteiger partial charge < -0.3 is 48.4 Å². The number of aliphatic hydroxyl groups excluding tert-OH is 2. The summed E-state index contributed by atoms with van der Waals surface area (Å²) < 4.78 is 38.3. The van der Waals surface area contributed by atoms with Crippen LogP contribution in [0.4, 0.5) is 0 Å². The predicted molar refractivity (Wildman–Crippen MR) is 225 cm³/mol. The number of carbonyl (C=O) groups is 1. The molecule has 13 heteroatoms. The van der Waals surface area contributed by atoms with Crippen LogP contribution < -0.4 is 18.9 Å². The first-order valence-electron chi connectivity index (χ1n) is 22.4. The number of ether oxygens (including phenoxy) is 6. The number of allylic oxidation sites excluding steroid dienone is 1. The van der Waals surface area contributed by atoms with Crippen LogP contribution >= 0.6 is 0 Å². The van der Waals surface area contributed by atoms with Crippen molar-refractivity contribution in [2.45, 2.75) is 102 Å². The standard InChI is InChI=1S/C47H63N3O10/c1-3-18-50(46(53)33-14-16-40-41(28-33)57-31-56-40)42-30-38(48-60-43-13-7-10-25-55-43)36-27-32(11-5-8-22-51)35(12-6-9-23-52)44-37-29-34(54-26-21-49-19-20-49)15-17-39(37)59-47(42,45(36)44)58-24-4-2/h4,14-17,27-29,32,35,42-45,51-52H,2-3,5-13,18-26,30-31H2,1H3. The molecule has 1 amide bonds. The molecule has 1 saturated carbocycles. The van der Waals surface area contributed by atoms with Gasteiger partial charge in [-0.2, -0.15) is 0 Å². The molecule has 326 valence electrons. The fourth-order valence-electron chi connectivity index (χ4n) is 10.1. The van der Waals surface area contributed by atoms with E-state index in [-0.39, 0.29) is 50.3 Å². The van der Waals surface area contributed by atoms with Crippen LogP contribution in [0, 0.1) is 17.8 Å². The van der Waals surface area contributed by atoms with Gasteiger partial charge in [-0.05, 0) is 98.8 Å². The van der Waals surface area contributed by atoms with Gasteiger partial charge in [0.05, 0.1) is 24.8 Å². The number of hydrogen-bond acceptors (Lipinski definition) is 12. The largest absolute Gasteiger partial charge is 0.492 e. The Bertz CT molecular complexity index is 1860. The summed E-state index contributed by atoms with van der Waals surface area (Å²) in [5, 5.41) is 24.9. The number of hydrogen-bond donors (Lipinski definition) is 2. The first-order valence-corrected chi connectivity index (χ1v) is 22.4. The molecule has 2 aromatic carbocycles. The smallest absolute Gasteiger partial charge is 0.254 e. The van der Waals surface area contributed by atoms with Gasteiger partial charge in [-0.15, -0.1) is 6.58 Å². The summed E-state index contributed by atoms with van der Waals surface area (Å²) in [7, 11) is 0. The van der Waals surface area contributed by atoms with E-state index in [1.165, 1.54) is 0 Å². The van der Waals surface area contributed by atoms with Crippen LogP contribution in [-0.2, 0) is 14.3 Å². The predicted octanol–water partition coefficient (Wildman–Crippen LogP) is 6.82. The zero-order valence-corrected chi connectivity index (χ0v) is 35.1. The molecule has 2 aliphatic carbocycles. The summed E-state index contributed by atoms with van der Waals surface area (Å²) in [5.41, 5.74) is 3.26. The van der Waals surface area contributed by atoms with Crippen LogP contribution in [0.15, 0.2) is 65.9 Å². The fourth-order valence-corrected chi connectivity index (χ4v) is 10.1. The summed E-state index contributed by atoms with van der Waals surface area (Å²) in [6.07, 6.45) is 12.2. The Morgan fingerprint density at radius 3 is 2.62 bits per heavy atom. The molecule has 13 nitrogen and oxygen atoms in total. The summed E-state index contributed by atoms with van der Waals surface area (Å²) >= 11 is 0. The molecule has 2 aromatic rings. The lowest BCUT2D eigenvalue weighted by atomic mass is 9.55. The number of amides is 1. The molecule has 0 radical (unpaired) electrons. The SMILES string of the molecule is C=CCOC12Oc3ccc(OCCN4CC4)cc3C3C(CCCCO)C(CCCCO)C=C(C(=NOC4CCCCO4)CC1N(CCC)C(=O)c1ccc4c(c1)OCO4)C32. The number of nitrogens with zero attached hydrogens (tertiary/aromatic N) is 3. The van der Waals surface area contributed by atoms with Crippen molar-refractivity contribution in [2.75, 3.05) is 66.0 Å². The van der Waals surface area contributed by atoms with Crippen molar-refractivity contribution < 1.29 is 48.3 Å². The van der Waals surface area contributed by atoms with Crippen LogP contribution in [0.5, 0.6) is 23.0 Å². The topological polar surface area (TPSA) is 141 Å². The van der Waals surface area contributed by atoms with Gasteiger partial charge in [0.1, 0.15) is 24.1 Å². The first-order chi connectivity index (χ1) is 29.5. The molecule has 0 bridgehead atoms. The van der Waals surface area contributed by atoms with Gasteiger partial charge in [-0.3, -0.25) is 9.69 Å². The molecular weight excluding hydrogens is 767 g/mol. The average molecular weight is 830 g/mol. The molecule has 0 aromatic heterocycles. The molecule has 2 saturated heterocycles. The number of oxime groups is 1. The Balaban J connectivity index is 1.30. The van der Waals surface area contributed by atoms with Crippen molar-refractivity contribution in [3.63, 3.8) is 0 Å². The van der Waals surface area contributed by atoms with Gasteiger partial charge in [0.2, 0.25) is 18.9 Å². The summed E-state index contributed by atoms with van der Waals surface area (Å²) in [6.45, 7) is 11.4. The molecule has 2 N–H and O–H groups in total. The van der Waals surface area contributed by atoms with Gasteiger partial charge in [0, 0.05) is 69.3 Å². The Morgan fingerprint density at radius 1 is 1.03 bits per heavy atom. The van der Waals surface area contributed by atoms with Crippen LogP contribution in [0.3, 0.4) is 0 Å². The maximum Gasteiger partial charge on any atom is 0.254 e. The summed E-state index contributed by atoms with van der Waals surface area (Å²) in [6, 6.07) is 10.8. The van der Waals surface area contributed by atoms with Crippen molar-refractivity contribution in [1.29, 1.82) is 0 Å². The highest BCUT2D eigenvalue weighted by Gasteiger charge is 2.65. The number of unbranched alkanes of at least 4 members (excludes halogenated alkanes) is 2. The van der Waals surface area contributed by atoms with E-state index in [2.05, 4.69) is 30.5 Å². The molecule has 8 rings (SSSR count). The highest BCUT2D eigenvalue weighted by Crippen LogP contribution is 2.62. The van der Waals surface area contributed by atoms with Gasteiger partial charge >= 0.3 is 0 Å². The molecule has 0 spiro atoms. The van der Waals surface area contributed by atoms with Gasteiger partial charge in [-0.25, -0.2) is 0 Å². The minimum atomic E-state index is -1.36. The lowest BCUT2D eigenvalue weighted by molar-refractivity contribution is -0.254. The second-order valence-corrected chi connectivity index (χ2v) is 16.9. The van der Waals surface area contributed by atoms with Crippen molar-refractivity contribution >= 4 is 11.6 Å². The van der Waals surface area contributed by atoms with Crippen LogP contribution in [0.2, 0.25) is 0 Å². The fraction of sp³-hybridized carbons (Fsp3) is 0.617. The minimum Gasteiger partial charge on any atom is -0.492 e. The molecule has 4 heterocycles. The lowest BCUT2D eigenvalue weighted by Crippen LogP contribution is -2.70. The molecule has 4 aliphatic heterocycles. The van der Waals surface area contributed by atoms with Crippen molar-refractivity contribution in [3.8, 4) is 23.0 Å². The number of fused-ring (bicyclic) bond motifs is 3. The number of aliphatic hydroxyl groups is 2. The Labute approximate surface area is 354 Å². The van der Waals surface area contributed by atoms with E-state index in [1.54, 1.807) is 24.3 Å². The minimum absolute atomic E-state index is 0.106. The van der Waals surface area contributed by atoms with Gasteiger partial charge in [0.15, 0.2) is 11.5 Å². The molecular formula is C47H63N3O10. The van der Waals surface area contributed by atoms with E-state index < -0.39 is 24.0 Å². The third kappa shape index (κ3) is 9.06. The van der Waals surface area contributed by atoms with Crippen LogP contribution in [0.25, 0.3) is 0 Å². The molecule has 60 heavy (non-hydrogen) atoms. The Kier molecular flexibility index (Phi) is 14.0. The third-order valence-corrected chi connectivity index (χ3v) is 13.0. The second kappa shape index (κ2) is 19.7. The third-order valence-electron chi connectivity index (χ3n) is 13.0. The molecule has 7 unspecified atom stereocenters. The van der Waals surface area contributed by atoms with Gasteiger partial charge in [-0.1, -0.05) is 37.1 Å². The first kappa shape index (κ1) is 42.5. The maximum atomic E-state index is 15.1. The van der Waals surface area contributed by atoms with Crippen LogP contribution in [-0.4, -0.2) is 116 Å². The van der Waals surface area contributed by atoms with Gasteiger partial charge in [0.25, 0.3) is 5.91 Å². The number of rotatable bonds is 21.